The molecule has 1 aliphatic rings. The van der Waals surface area contributed by atoms with Crippen LogP contribution >= 0.6 is 25.6 Å². The Kier molecular flexibility index (Phi) is 3.25. The average Bonchev–Trinajstić information content (AvgIpc) is 2.30. The number of thiol groups is 2. The number of hydrogen-bond donors (Lipinski definition) is 2. The second-order valence-electron chi connectivity index (χ2n) is 2.62. The van der Waals surface area contributed by atoms with Gasteiger partial charge in [-0.15, -0.1) is 5.06 Å². The van der Waals surface area contributed by atoms with E-state index in [1.54, 1.807) is 0 Å². The number of rotatable bonds is 1. The molecule has 0 saturated carbocycles. The first-order valence-corrected chi connectivity index (χ1v) is 4.23. The van der Waals surface area contributed by atoms with Gasteiger partial charge in [0.15, 0.2) is 0 Å². The predicted molar refractivity (Wildman–Crippen MR) is 47.4 cm³/mol. The van der Waals surface area contributed by atoms with Gasteiger partial charge in [0.2, 0.25) is 0 Å². The molecule has 76 valence electrons. The summed E-state index contributed by atoms with van der Waals surface area (Å²) in [7, 11) is 0. The van der Waals surface area contributed by atoms with Crippen LogP contribution in [0.15, 0.2) is 0 Å². The molecule has 1 heterocycles. The van der Waals surface area contributed by atoms with Crippen LogP contribution in [0.3, 0.4) is 0 Å². The number of hydrogen-bond acceptors (Lipinski definition) is 5. The summed E-state index contributed by atoms with van der Waals surface area (Å²) < 4.78 is 25.7. The fourth-order valence-corrected chi connectivity index (χ4v) is 1.00. The molecule has 0 aromatic heterocycles. The van der Waals surface area contributed by atoms with Gasteiger partial charge in [-0.2, -0.15) is 3.71 Å². The van der Waals surface area contributed by atoms with Gasteiger partial charge in [-0.05, 0) is 25.6 Å². The summed E-state index contributed by atoms with van der Waals surface area (Å²) in [5.41, 5.74) is 0. The normalized spacial score (nSPS) is 21.5. The Balaban J connectivity index is 2.37. The lowest BCUT2D eigenvalue weighted by Crippen LogP contribution is -2.30. The van der Waals surface area contributed by atoms with Gasteiger partial charge >= 0.3 is 6.09 Å². The lowest BCUT2D eigenvalue weighted by atomic mass is 10.3. The molecule has 8 heteroatoms. The maximum absolute atomic E-state index is 12.6. The molecule has 4 nitrogen and oxygen atoms in total. The molecule has 0 unspecified atom stereocenters. The zero-order valence-corrected chi connectivity index (χ0v) is 8.27. The van der Waals surface area contributed by atoms with Crippen molar-refractivity contribution in [1.29, 1.82) is 0 Å². The number of carbonyl (C=O) groups excluding carboxylic acids is 1. The molecule has 0 atom stereocenters. The summed E-state index contributed by atoms with van der Waals surface area (Å²) in [6.07, 6.45) is -1.20. The maximum atomic E-state index is 12.6. The van der Waals surface area contributed by atoms with E-state index >= 15 is 0 Å². The minimum Gasteiger partial charge on any atom is -0.349 e. The Bertz CT molecular complexity index is 215. The fraction of sp³-hybridized carbons (Fsp3) is 0.800. The van der Waals surface area contributed by atoms with Crippen LogP contribution in [0.4, 0.5) is 13.6 Å². The molecule has 0 radical (unpaired) electrons. The van der Waals surface area contributed by atoms with Crippen LogP contribution in [0.25, 0.3) is 0 Å². The molecule has 0 aromatic carbocycles. The first kappa shape index (κ1) is 10.9. The lowest BCUT2D eigenvalue weighted by Gasteiger charge is -2.16. The summed E-state index contributed by atoms with van der Waals surface area (Å²) in [5, 5.41) is 0.891. The van der Waals surface area contributed by atoms with Crippen molar-refractivity contribution in [3.05, 3.63) is 0 Å². The molecule has 1 aliphatic heterocycles. The molecule has 1 amide bonds. The van der Waals surface area contributed by atoms with Crippen molar-refractivity contribution in [2.45, 2.75) is 12.3 Å². The molecule has 0 bridgehead atoms. The largest absolute Gasteiger partial charge is 0.449 e. The average molecular weight is 230 g/mol. The number of hydroxylamine groups is 2. The Hall–Kier alpha value is -0.210. The quantitative estimate of drug-likeness (QED) is 0.667. The first-order chi connectivity index (χ1) is 5.91. The van der Waals surface area contributed by atoms with Gasteiger partial charge in [0.05, 0.1) is 6.54 Å². The first-order valence-electron chi connectivity index (χ1n) is 3.43. The molecule has 0 spiro atoms. The Morgan fingerprint density at radius 1 is 1.54 bits per heavy atom. The van der Waals surface area contributed by atoms with Crippen LogP contribution in [-0.2, 0) is 4.84 Å². The number of amides is 1. The second kappa shape index (κ2) is 3.89. The van der Waals surface area contributed by atoms with Crippen LogP contribution in [0, 0.1) is 0 Å². The van der Waals surface area contributed by atoms with E-state index in [0.717, 1.165) is 5.06 Å². The van der Waals surface area contributed by atoms with Crippen LogP contribution in [0.1, 0.15) is 6.42 Å². The van der Waals surface area contributed by atoms with Gasteiger partial charge in [0.1, 0.15) is 0 Å². The van der Waals surface area contributed by atoms with Crippen molar-refractivity contribution in [2.24, 2.45) is 0 Å². The zero-order valence-electron chi connectivity index (χ0n) is 6.48. The van der Waals surface area contributed by atoms with Gasteiger partial charge in [-0.25, -0.2) is 13.6 Å². The molecular weight excluding hydrogens is 222 g/mol. The van der Waals surface area contributed by atoms with Crippen LogP contribution in [0.2, 0.25) is 0 Å². The molecule has 13 heavy (non-hydrogen) atoms. The van der Waals surface area contributed by atoms with Crippen LogP contribution in [0.5, 0.6) is 0 Å². The Morgan fingerprint density at radius 3 is 2.54 bits per heavy atom. The third-order valence-corrected chi connectivity index (χ3v) is 1.83. The standard InChI is InChI=1S/C5H8F2N2O2S2/c6-5(7)1-2-8(3-5)11-4(10)9(12)13/h12-13H,1-3H2. The summed E-state index contributed by atoms with van der Waals surface area (Å²) in [4.78, 5) is 15.3. The van der Waals surface area contributed by atoms with Crippen molar-refractivity contribution in [3.63, 3.8) is 0 Å². The highest BCUT2D eigenvalue weighted by molar-refractivity contribution is 7.94. The molecule has 1 fully saturated rings. The van der Waals surface area contributed by atoms with Crippen molar-refractivity contribution in [3.8, 4) is 0 Å². The fourth-order valence-electron chi connectivity index (χ4n) is 0.929. The van der Waals surface area contributed by atoms with E-state index in [4.69, 9.17) is 0 Å². The van der Waals surface area contributed by atoms with E-state index in [9.17, 15) is 13.6 Å². The maximum Gasteiger partial charge on any atom is 0.449 e. The monoisotopic (exact) mass is 230 g/mol. The number of halogens is 2. The molecule has 0 aliphatic carbocycles. The number of carbonyl (C=O) groups is 1. The molecule has 0 aromatic rings. The molecular formula is C5H8F2N2O2S2. The highest BCUT2D eigenvalue weighted by atomic mass is 32.2. The summed E-state index contributed by atoms with van der Waals surface area (Å²) in [6, 6.07) is 0. The Morgan fingerprint density at radius 2 is 2.15 bits per heavy atom. The predicted octanol–water partition coefficient (Wildman–Crippen LogP) is 1.37. The highest BCUT2D eigenvalue weighted by Gasteiger charge is 2.40. The van der Waals surface area contributed by atoms with E-state index in [1.165, 1.54) is 0 Å². The van der Waals surface area contributed by atoms with Crippen LogP contribution < -0.4 is 0 Å². The third kappa shape index (κ3) is 3.20. The van der Waals surface area contributed by atoms with Crippen molar-refractivity contribution < 1.29 is 18.4 Å². The SMILES string of the molecule is O=C(ON1CCC(F)(F)C1)N(S)S. The van der Waals surface area contributed by atoms with E-state index in [-0.39, 0.29) is 13.0 Å². The number of nitrogens with zero attached hydrogens (tertiary/aromatic N) is 2. The topological polar surface area (TPSA) is 32.8 Å². The molecule has 1 rings (SSSR count). The summed E-state index contributed by atoms with van der Waals surface area (Å²) in [6.45, 7) is -0.553. The summed E-state index contributed by atoms with van der Waals surface area (Å²) >= 11 is 7.04. The minimum atomic E-state index is -2.78. The minimum absolute atomic E-state index is 0.0220. The Labute approximate surface area is 84.9 Å². The van der Waals surface area contributed by atoms with E-state index in [0.29, 0.717) is 3.71 Å². The third-order valence-electron chi connectivity index (χ3n) is 1.51. The summed E-state index contributed by atoms with van der Waals surface area (Å²) in [5.74, 6) is -2.78. The van der Waals surface area contributed by atoms with E-state index < -0.39 is 18.6 Å². The smallest absolute Gasteiger partial charge is 0.349 e. The van der Waals surface area contributed by atoms with Gasteiger partial charge in [-0.1, -0.05) is 0 Å². The lowest BCUT2D eigenvalue weighted by molar-refractivity contribution is -0.107. The molecule has 1 saturated heterocycles. The second-order valence-corrected chi connectivity index (χ2v) is 3.73. The highest BCUT2D eigenvalue weighted by Crippen LogP contribution is 2.27. The van der Waals surface area contributed by atoms with Gasteiger partial charge in [0, 0.05) is 13.0 Å². The van der Waals surface area contributed by atoms with Crippen molar-refractivity contribution in [1.82, 2.24) is 8.77 Å². The van der Waals surface area contributed by atoms with E-state index in [2.05, 4.69) is 30.5 Å². The zero-order chi connectivity index (χ0) is 10.1. The van der Waals surface area contributed by atoms with Crippen molar-refractivity contribution in [2.75, 3.05) is 13.1 Å². The van der Waals surface area contributed by atoms with Gasteiger partial charge < -0.3 is 4.84 Å². The number of alkyl halides is 2. The van der Waals surface area contributed by atoms with E-state index in [1.807, 2.05) is 0 Å². The molecule has 0 N–H and O–H groups in total. The van der Waals surface area contributed by atoms with Gasteiger partial charge in [0.25, 0.3) is 5.92 Å². The van der Waals surface area contributed by atoms with Gasteiger partial charge in [-0.3, -0.25) is 0 Å². The van der Waals surface area contributed by atoms with Crippen molar-refractivity contribution >= 4 is 31.7 Å². The van der Waals surface area contributed by atoms with Crippen LogP contribution in [-0.4, -0.2) is 33.9 Å².